The first-order chi connectivity index (χ1) is 8.62. The second-order valence-corrected chi connectivity index (χ2v) is 6.25. The van der Waals surface area contributed by atoms with E-state index in [1.54, 1.807) is 18.0 Å². The van der Waals surface area contributed by atoms with Crippen molar-refractivity contribution in [3.63, 3.8) is 0 Å². The number of carbonyl (C=O) groups is 2. The van der Waals surface area contributed by atoms with Gasteiger partial charge in [-0.15, -0.1) is 11.3 Å². The molecule has 7 heteroatoms. The van der Waals surface area contributed by atoms with Crippen LogP contribution in [0.5, 0.6) is 0 Å². The molecule has 0 spiro atoms. The fourth-order valence-electron chi connectivity index (χ4n) is 1.81. The first-order valence-electron chi connectivity index (χ1n) is 5.63. The van der Waals surface area contributed by atoms with Crippen LogP contribution >= 0.6 is 23.1 Å². The Kier molecular flexibility index (Phi) is 4.23. The van der Waals surface area contributed by atoms with Gasteiger partial charge in [0.1, 0.15) is 5.54 Å². The fraction of sp³-hybridized carbons (Fsp3) is 0.545. The highest BCUT2D eigenvalue weighted by molar-refractivity contribution is 7.99. The van der Waals surface area contributed by atoms with Crippen molar-refractivity contribution in [1.82, 2.24) is 10.3 Å². The molecule has 2 rings (SSSR count). The summed E-state index contributed by atoms with van der Waals surface area (Å²) in [6, 6.07) is 0. The van der Waals surface area contributed by atoms with E-state index in [0.29, 0.717) is 18.6 Å². The van der Waals surface area contributed by atoms with Gasteiger partial charge in [0.15, 0.2) is 0 Å². The summed E-state index contributed by atoms with van der Waals surface area (Å²) in [6.07, 6.45) is 3.04. The lowest BCUT2D eigenvalue weighted by Gasteiger charge is -2.24. The third kappa shape index (κ3) is 3.02. The summed E-state index contributed by atoms with van der Waals surface area (Å²) in [5.74, 6) is 0.0786. The van der Waals surface area contributed by atoms with Gasteiger partial charge in [-0.2, -0.15) is 11.8 Å². The number of thiazole rings is 1. The second-order valence-electron chi connectivity index (χ2n) is 4.16. The minimum absolute atomic E-state index is 0.213. The van der Waals surface area contributed by atoms with E-state index in [0.717, 1.165) is 10.8 Å². The van der Waals surface area contributed by atoms with Gasteiger partial charge in [-0.1, -0.05) is 0 Å². The average Bonchev–Trinajstić information content (AvgIpc) is 2.97. The minimum atomic E-state index is -1.06. The van der Waals surface area contributed by atoms with Crippen molar-refractivity contribution in [3.8, 4) is 0 Å². The molecule has 1 unspecified atom stereocenters. The molecule has 98 valence electrons. The van der Waals surface area contributed by atoms with E-state index in [1.165, 1.54) is 11.3 Å². The van der Waals surface area contributed by atoms with Crippen LogP contribution in [0.15, 0.2) is 11.6 Å². The molecular weight excluding hydrogens is 272 g/mol. The van der Waals surface area contributed by atoms with Crippen molar-refractivity contribution < 1.29 is 14.7 Å². The summed E-state index contributed by atoms with van der Waals surface area (Å²) in [7, 11) is 0. The van der Waals surface area contributed by atoms with Gasteiger partial charge in [-0.25, -0.2) is 9.78 Å². The molecule has 1 atom stereocenters. The first kappa shape index (κ1) is 13.4. The lowest BCUT2D eigenvalue weighted by Crippen LogP contribution is -2.54. The Morgan fingerprint density at radius 3 is 2.94 bits per heavy atom. The second kappa shape index (κ2) is 5.71. The molecule has 5 nitrogen and oxygen atoms in total. The lowest BCUT2D eigenvalue weighted by molar-refractivity contribution is -0.146. The van der Waals surface area contributed by atoms with Gasteiger partial charge in [-0.3, -0.25) is 4.79 Å². The number of amides is 1. The van der Waals surface area contributed by atoms with Gasteiger partial charge < -0.3 is 10.4 Å². The van der Waals surface area contributed by atoms with Crippen LogP contribution in [0.4, 0.5) is 0 Å². The quantitative estimate of drug-likeness (QED) is 0.849. The van der Waals surface area contributed by atoms with Crippen molar-refractivity contribution in [2.45, 2.75) is 24.8 Å². The fourth-order valence-corrected chi connectivity index (χ4v) is 3.76. The zero-order valence-corrected chi connectivity index (χ0v) is 11.4. The predicted molar refractivity (Wildman–Crippen MR) is 70.9 cm³/mol. The summed E-state index contributed by atoms with van der Waals surface area (Å²) in [5, 5.41) is 14.7. The van der Waals surface area contributed by atoms with Crippen LogP contribution < -0.4 is 5.32 Å². The molecule has 1 aromatic heterocycles. The molecule has 1 amide bonds. The van der Waals surface area contributed by atoms with E-state index >= 15 is 0 Å². The van der Waals surface area contributed by atoms with Crippen molar-refractivity contribution in [3.05, 3.63) is 16.6 Å². The van der Waals surface area contributed by atoms with Crippen molar-refractivity contribution in [2.24, 2.45) is 0 Å². The molecule has 1 saturated heterocycles. The SMILES string of the molecule is O=C(CCc1nccs1)NC1(C(=O)O)CCSC1. The molecule has 0 aliphatic carbocycles. The number of aromatic nitrogens is 1. The molecule has 1 aromatic rings. The van der Waals surface area contributed by atoms with Gasteiger partial charge >= 0.3 is 5.97 Å². The van der Waals surface area contributed by atoms with Crippen LogP contribution in [-0.4, -0.2) is 39.0 Å². The highest BCUT2D eigenvalue weighted by atomic mass is 32.2. The smallest absolute Gasteiger partial charge is 0.330 e. The van der Waals surface area contributed by atoms with Crippen LogP contribution in [0.1, 0.15) is 17.8 Å². The van der Waals surface area contributed by atoms with Crippen molar-refractivity contribution in [1.29, 1.82) is 0 Å². The number of nitrogens with zero attached hydrogens (tertiary/aromatic N) is 1. The Balaban J connectivity index is 1.88. The molecule has 1 aliphatic heterocycles. The lowest BCUT2D eigenvalue weighted by atomic mass is 9.99. The Hall–Kier alpha value is -1.08. The number of carboxylic acids is 1. The van der Waals surface area contributed by atoms with Crippen LogP contribution in [0, 0.1) is 0 Å². The van der Waals surface area contributed by atoms with Crippen molar-refractivity contribution >= 4 is 35.0 Å². The van der Waals surface area contributed by atoms with Gasteiger partial charge in [-0.05, 0) is 12.2 Å². The molecule has 0 radical (unpaired) electrons. The molecule has 0 bridgehead atoms. The van der Waals surface area contributed by atoms with Gasteiger partial charge in [0, 0.05) is 30.2 Å². The van der Waals surface area contributed by atoms with E-state index in [-0.39, 0.29) is 12.3 Å². The zero-order chi connectivity index (χ0) is 13.0. The highest BCUT2D eigenvalue weighted by Crippen LogP contribution is 2.28. The first-order valence-corrected chi connectivity index (χ1v) is 7.66. The maximum absolute atomic E-state index is 11.8. The topological polar surface area (TPSA) is 79.3 Å². The molecule has 2 heterocycles. The Morgan fingerprint density at radius 1 is 1.56 bits per heavy atom. The van der Waals surface area contributed by atoms with E-state index in [2.05, 4.69) is 10.3 Å². The van der Waals surface area contributed by atoms with Crippen LogP contribution in [-0.2, 0) is 16.0 Å². The maximum Gasteiger partial charge on any atom is 0.330 e. The number of hydrogen-bond acceptors (Lipinski definition) is 5. The molecule has 2 N–H and O–H groups in total. The Labute approximate surface area is 113 Å². The van der Waals surface area contributed by atoms with Gasteiger partial charge in [0.05, 0.1) is 5.01 Å². The van der Waals surface area contributed by atoms with Crippen LogP contribution in [0.3, 0.4) is 0 Å². The number of aliphatic carboxylic acids is 1. The molecular formula is C11H14N2O3S2. The monoisotopic (exact) mass is 286 g/mol. The number of hydrogen-bond donors (Lipinski definition) is 2. The number of aryl methyl sites for hydroxylation is 1. The van der Waals surface area contributed by atoms with Gasteiger partial charge in [0.25, 0.3) is 0 Å². The standard InChI is InChI=1S/C11H14N2O3S2/c14-8(1-2-9-12-4-6-18-9)13-11(10(15)16)3-5-17-7-11/h4,6H,1-3,5,7H2,(H,13,14)(H,15,16). The highest BCUT2D eigenvalue weighted by Gasteiger charge is 2.43. The number of rotatable bonds is 5. The summed E-state index contributed by atoms with van der Waals surface area (Å²) < 4.78 is 0. The number of carbonyl (C=O) groups excluding carboxylic acids is 1. The normalized spacial score (nSPS) is 22.9. The van der Waals surface area contributed by atoms with E-state index in [9.17, 15) is 14.7 Å². The third-order valence-corrected chi connectivity index (χ3v) is 4.89. The summed E-state index contributed by atoms with van der Waals surface area (Å²) in [4.78, 5) is 27.1. The summed E-state index contributed by atoms with van der Waals surface area (Å²) in [6.45, 7) is 0. The zero-order valence-electron chi connectivity index (χ0n) is 9.72. The van der Waals surface area contributed by atoms with Crippen molar-refractivity contribution in [2.75, 3.05) is 11.5 Å². The Bertz CT molecular complexity index is 428. The largest absolute Gasteiger partial charge is 0.479 e. The number of carboxylic acid groups (broad SMARTS) is 1. The molecule has 1 aliphatic rings. The van der Waals surface area contributed by atoms with E-state index in [1.807, 2.05) is 5.38 Å². The van der Waals surface area contributed by atoms with Crippen LogP contribution in [0.25, 0.3) is 0 Å². The molecule has 0 aromatic carbocycles. The van der Waals surface area contributed by atoms with E-state index < -0.39 is 11.5 Å². The van der Waals surface area contributed by atoms with Gasteiger partial charge in [0.2, 0.25) is 5.91 Å². The minimum Gasteiger partial charge on any atom is -0.479 e. The predicted octanol–water partition coefficient (Wildman–Crippen LogP) is 1.15. The van der Waals surface area contributed by atoms with E-state index in [4.69, 9.17) is 0 Å². The number of thioether (sulfide) groups is 1. The third-order valence-electron chi connectivity index (χ3n) is 2.86. The molecule has 1 fully saturated rings. The maximum atomic E-state index is 11.8. The summed E-state index contributed by atoms with van der Waals surface area (Å²) in [5.41, 5.74) is -1.06. The Morgan fingerprint density at radius 2 is 2.39 bits per heavy atom. The summed E-state index contributed by atoms with van der Waals surface area (Å²) >= 11 is 3.06. The molecule has 18 heavy (non-hydrogen) atoms. The van der Waals surface area contributed by atoms with Crippen LogP contribution in [0.2, 0.25) is 0 Å². The number of nitrogens with one attached hydrogen (secondary N) is 1. The molecule has 0 saturated carbocycles. The average molecular weight is 286 g/mol.